The summed E-state index contributed by atoms with van der Waals surface area (Å²) < 4.78 is 5.31. The van der Waals surface area contributed by atoms with Gasteiger partial charge in [-0.15, -0.1) is 0 Å². The molecule has 0 radical (unpaired) electrons. The van der Waals surface area contributed by atoms with Crippen molar-refractivity contribution in [2.45, 2.75) is 25.8 Å². The number of hydrogen-bond donors (Lipinski definition) is 2. The molecule has 1 aromatic carbocycles. The standard InChI is InChI=1S/C15H23N3O2/c1-2-18-8-6-12(7-9-18)17-13-4-3-5-14(10-13)20-11-15(16)19/h3-5,10,12,17H,2,6-9,11H2,1H3,(H2,16,19). The second-order valence-corrected chi connectivity index (χ2v) is 5.14. The third kappa shape index (κ3) is 4.42. The predicted octanol–water partition coefficient (Wildman–Crippen LogP) is 1.45. The van der Waals surface area contributed by atoms with E-state index in [1.54, 1.807) is 0 Å². The first-order valence-corrected chi connectivity index (χ1v) is 7.17. The van der Waals surface area contributed by atoms with E-state index in [1.807, 2.05) is 24.3 Å². The van der Waals surface area contributed by atoms with Crippen molar-refractivity contribution in [3.63, 3.8) is 0 Å². The highest BCUT2D eigenvalue weighted by atomic mass is 16.5. The number of carbonyl (C=O) groups is 1. The summed E-state index contributed by atoms with van der Waals surface area (Å²) in [6.07, 6.45) is 2.31. The van der Waals surface area contributed by atoms with Crippen LogP contribution in [0.5, 0.6) is 5.75 Å². The van der Waals surface area contributed by atoms with Crippen LogP contribution in [0.3, 0.4) is 0 Å². The minimum absolute atomic E-state index is 0.0850. The Morgan fingerprint density at radius 1 is 1.45 bits per heavy atom. The van der Waals surface area contributed by atoms with Crippen molar-refractivity contribution < 1.29 is 9.53 Å². The Morgan fingerprint density at radius 3 is 2.85 bits per heavy atom. The molecule has 0 atom stereocenters. The normalized spacial score (nSPS) is 16.9. The zero-order valence-electron chi connectivity index (χ0n) is 12.0. The third-order valence-electron chi connectivity index (χ3n) is 3.62. The van der Waals surface area contributed by atoms with Crippen LogP contribution in [-0.4, -0.2) is 43.1 Å². The SMILES string of the molecule is CCN1CCC(Nc2cccc(OCC(N)=O)c2)CC1. The van der Waals surface area contributed by atoms with Gasteiger partial charge in [0.1, 0.15) is 5.75 Å². The van der Waals surface area contributed by atoms with E-state index >= 15 is 0 Å². The molecule has 1 heterocycles. The first-order chi connectivity index (χ1) is 9.67. The molecule has 0 bridgehead atoms. The zero-order chi connectivity index (χ0) is 14.4. The molecule has 110 valence electrons. The van der Waals surface area contributed by atoms with Gasteiger partial charge in [-0.3, -0.25) is 4.79 Å². The molecule has 1 amide bonds. The monoisotopic (exact) mass is 277 g/mol. The fourth-order valence-electron chi connectivity index (χ4n) is 2.46. The minimum Gasteiger partial charge on any atom is -0.484 e. The number of rotatable bonds is 6. The molecule has 3 N–H and O–H groups in total. The maximum Gasteiger partial charge on any atom is 0.255 e. The van der Waals surface area contributed by atoms with Crippen LogP contribution in [0.15, 0.2) is 24.3 Å². The molecule has 1 aliphatic rings. The first-order valence-electron chi connectivity index (χ1n) is 7.17. The molecule has 5 nitrogen and oxygen atoms in total. The van der Waals surface area contributed by atoms with Gasteiger partial charge in [-0.05, 0) is 31.5 Å². The fraction of sp³-hybridized carbons (Fsp3) is 0.533. The van der Waals surface area contributed by atoms with Crippen molar-refractivity contribution in [3.8, 4) is 5.75 Å². The lowest BCUT2D eigenvalue weighted by Crippen LogP contribution is -2.38. The van der Waals surface area contributed by atoms with Crippen LogP contribution in [0.25, 0.3) is 0 Å². The smallest absolute Gasteiger partial charge is 0.255 e. The van der Waals surface area contributed by atoms with Crippen LogP contribution < -0.4 is 15.8 Å². The van der Waals surface area contributed by atoms with E-state index in [2.05, 4.69) is 17.1 Å². The largest absolute Gasteiger partial charge is 0.484 e. The van der Waals surface area contributed by atoms with Crippen molar-refractivity contribution in [1.82, 2.24) is 4.90 Å². The molecular formula is C15H23N3O2. The summed E-state index contributed by atoms with van der Waals surface area (Å²) in [7, 11) is 0. The predicted molar refractivity (Wildman–Crippen MR) is 79.9 cm³/mol. The fourth-order valence-corrected chi connectivity index (χ4v) is 2.46. The van der Waals surface area contributed by atoms with Crippen molar-refractivity contribution in [2.75, 3.05) is 31.6 Å². The number of likely N-dealkylation sites (tertiary alicyclic amines) is 1. The lowest BCUT2D eigenvalue weighted by atomic mass is 10.0. The van der Waals surface area contributed by atoms with Gasteiger partial charge in [0.05, 0.1) is 0 Å². The number of primary amides is 1. The van der Waals surface area contributed by atoms with E-state index in [1.165, 1.54) is 0 Å². The Bertz CT molecular complexity index is 442. The number of anilines is 1. The quantitative estimate of drug-likeness (QED) is 0.826. The summed E-state index contributed by atoms with van der Waals surface area (Å²) in [5, 5.41) is 3.53. The Balaban J connectivity index is 1.86. The molecule has 20 heavy (non-hydrogen) atoms. The Morgan fingerprint density at radius 2 is 2.20 bits per heavy atom. The number of nitrogens with zero attached hydrogens (tertiary/aromatic N) is 1. The molecule has 5 heteroatoms. The van der Waals surface area contributed by atoms with E-state index in [9.17, 15) is 4.79 Å². The van der Waals surface area contributed by atoms with Gasteiger partial charge in [-0.25, -0.2) is 0 Å². The number of amides is 1. The van der Waals surface area contributed by atoms with E-state index in [4.69, 9.17) is 10.5 Å². The number of ether oxygens (including phenoxy) is 1. The molecule has 0 unspecified atom stereocenters. The first kappa shape index (κ1) is 14.7. The van der Waals surface area contributed by atoms with Crippen LogP contribution in [-0.2, 0) is 4.79 Å². The van der Waals surface area contributed by atoms with Gasteiger partial charge in [-0.2, -0.15) is 0 Å². The molecule has 1 aliphatic heterocycles. The van der Waals surface area contributed by atoms with Crippen LogP contribution in [0, 0.1) is 0 Å². The number of piperidine rings is 1. The van der Waals surface area contributed by atoms with Gasteiger partial charge in [0, 0.05) is 30.9 Å². The maximum absolute atomic E-state index is 10.7. The number of hydrogen-bond acceptors (Lipinski definition) is 4. The van der Waals surface area contributed by atoms with E-state index in [-0.39, 0.29) is 6.61 Å². The summed E-state index contributed by atoms with van der Waals surface area (Å²) >= 11 is 0. The molecule has 0 saturated carbocycles. The highest BCUT2D eigenvalue weighted by Crippen LogP contribution is 2.21. The number of nitrogens with two attached hydrogens (primary N) is 1. The third-order valence-corrected chi connectivity index (χ3v) is 3.62. The second-order valence-electron chi connectivity index (χ2n) is 5.14. The van der Waals surface area contributed by atoms with Gasteiger partial charge < -0.3 is 20.7 Å². The van der Waals surface area contributed by atoms with Gasteiger partial charge in [-0.1, -0.05) is 13.0 Å². The highest BCUT2D eigenvalue weighted by Gasteiger charge is 2.17. The molecular weight excluding hydrogens is 254 g/mol. The molecule has 1 saturated heterocycles. The Hall–Kier alpha value is -1.75. The number of benzene rings is 1. The second kappa shape index (κ2) is 7.14. The lowest BCUT2D eigenvalue weighted by Gasteiger charge is -2.32. The van der Waals surface area contributed by atoms with Crippen LogP contribution in [0.4, 0.5) is 5.69 Å². The summed E-state index contributed by atoms with van der Waals surface area (Å²) in [4.78, 5) is 13.2. The summed E-state index contributed by atoms with van der Waals surface area (Å²) in [5.41, 5.74) is 6.10. The van der Waals surface area contributed by atoms with Crippen LogP contribution in [0.2, 0.25) is 0 Å². The molecule has 1 aromatic rings. The molecule has 0 aliphatic carbocycles. The lowest BCUT2D eigenvalue weighted by molar-refractivity contribution is -0.119. The average molecular weight is 277 g/mol. The van der Waals surface area contributed by atoms with E-state index < -0.39 is 5.91 Å². The van der Waals surface area contributed by atoms with Crippen molar-refractivity contribution >= 4 is 11.6 Å². The van der Waals surface area contributed by atoms with Crippen LogP contribution >= 0.6 is 0 Å². The summed E-state index contributed by atoms with van der Waals surface area (Å²) in [6.45, 7) is 5.53. The topological polar surface area (TPSA) is 67.6 Å². The van der Waals surface area contributed by atoms with Crippen molar-refractivity contribution in [3.05, 3.63) is 24.3 Å². The highest BCUT2D eigenvalue weighted by molar-refractivity contribution is 5.75. The summed E-state index contributed by atoms with van der Waals surface area (Å²) in [6, 6.07) is 8.18. The molecule has 2 rings (SSSR count). The van der Waals surface area contributed by atoms with Gasteiger partial charge in [0.15, 0.2) is 6.61 Å². The zero-order valence-corrected chi connectivity index (χ0v) is 12.0. The van der Waals surface area contributed by atoms with Crippen LogP contribution in [0.1, 0.15) is 19.8 Å². The van der Waals surface area contributed by atoms with Gasteiger partial charge in [0.25, 0.3) is 5.91 Å². The van der Waals surface area contributed by atoms with E-state index in [0.717, 1.165) is 38.2 Å². The minimum atomic E-state index is -0.463. The van der Waals surface area contributed by atoms with Crippen molar-refractivity contribution in [2.24, 2.45) is 5.73 Å². The average Bonchev–Trinajstić information content (AvgIpc) is 2.46. The Kier molecular flexibility index (Phi) is 5.24. The molecule has 0 aromatic heterocycles. The maximum atomic E-state index is 10.7. The molecule has 1 fully saturated rings. The summed E-state index contributed by atoms with van der Waals surface area (Å²) in [5.74, 6) is 0.204. The number of carbonyl (C=O) groups excluding carboxylic acids is 1. The number of nitrogens with one attached hydrogen (secondary N) is 1. The molecule has 0 spiro atoms. The Labute approximate surface area is 120 Å². The van der Waals surface area contributed by atoms with Gasteiger partial charge >= 0.3 is 0 Å². The van der Waals surface area contributed by atoms with Gasteiger partial charge in [0.2, 0.25) is 0 Å². The van der Waals surface area contributed by atoms with E-state index in [0.29, 0.717) is 11.8 Å². The van der Waals surface area contributed by atoms with Crippen molar-refractivity contribution in [1.29, 1.82) is 0 Å².